The second kappa shape index (κ2) is 20.8. The van der Waals surface area contributed by atoms with Crippen molar-refractivity contribution in [2.75, 3.05) is 79.1 Å². The van der Waals surface area contributed by atoms with Crippen molar-refractivity contribution >= 4 is 6.09 Å². The third-order valence-corrected chi connectivity index (χ3v) is 4.60. The molecule has 1 rings (SSSR count). The Hall–Kier alpha value is -2.21. The molecule has 0 bridgehead atoms. The quantitative estimate of drug-likeness (QED) is 0.155. The van der Waals surface area contributed by atoms with E-state index >= 15 is 0 Å². The maximum atomic E-state index is 11.5. The van der Waals surface area contributed by atoms with Crippen LogP contribution in [0.25, 0.3) is 0 Å². The Kier molecular flexibility index (Phi) is 18.5. The van der Waals surface area contributed by atoms with Gasteiger partial charge in [0.25, 0.3) is 0 Å². The smallest absolute Gasteiger partial charge is 0.407 e. The summed E-state index contributed by atoms with van der Waals surface area (Å²) < 4.78 is 32.6. The molecule has 1 atom stereocenters. The molecule has 1 amide bonds. The fourth-order valence-corrected chi connectivity index (χ4v) is 2.93. The molecule has 212 valence electrons. The van der Waals surface area contributed by atoms with Gasteiger partial charge in [0.05, 0.1) is 52.9 Å². The van der Waals surface area contributed by atoms with Gasteiger partial charge in [-0.15, -0.1) is 6.58 Å². The highest BCUT2D eigenvalue weighted by molar-refractivity contribution is 5.67. The van der Waals surface area contributed by atoms with Crippen LogP contribution in [0.1, 0.15) is 26.3 Å². The average molecular weight is 527 g/mol. The maximum Gasteiger partial charge on any atom is 0.407 e. The van der Waals surface area contributed by atoms with Crippen LogP contribution in [-0.2, 0) is 30.1 Å². The van der Waals surface area contributed by atoms with Crippen LogP contribution in [0.3, 0.4) is 0 Å². The summed E-state index contributed by atoms with van der Waals surface area (Å²) in [5.74, 6) is 0.771. The van der Waals surface area contributed by atoms with Gasteiger partial charge in [0.15, 0.2) is 0 Å². The SMILES string of the molecule is C=CCc1ccccc1OCC(O)CNCCOCCOCCOCCOCCNC(=O)OC(C)(C)C. The molecule has 10 heteroatoms. The van der Waals surface area contributed by atoms with E-state index in [0.29, 0.717) is 72.5 Å². The highest BCUT2D eigenvalue weighted by Crippen LogP contribution is 2.18. The number of ether oxygens (including phenoxy) is 6. The number of amides is 1. The Balaban J connectivity index is 1.83. The van der Waals surface area contributed by atoms with Crippen LogP contribution in [0.4, 0.5) is 4.79 Å². The fraction of sp³-hybridized carbons (Fsp3) is 0.667. The van der Waals surface area contributed by atoms with Gasteiger partial charge in [-0.2, -0.15) is 0 Å². The van der Waals surface area contributed by atoms with E-state index in [9.17, 15) is 9.90 Å². The third-order valence-electron chi connectivity index (χ3n) is 4.60. The molecule has 1 aromatic rings. The van der Waals surface area contributed by atoms with Gasteiger partial charge in [-0.3, -0.25) is 0 Å². The summed E-state index contributed by atoms with van der Waals surface area (Å²) in [6, 6.07) is 7.75. The number of hydrogen-bond acceptors (Lipinski definition) is 9. The molecule has 0 aromatic heterocycles. The lowest BCUT2D eigenvalue weighted by atomic mass is 10.1. The molecule has 37 heavy (non-hydrogen) atoms. The zero-order valence-corrected chi connectivity index (χ0v) is 22.7. The van der Waals surface area contributed by atoms with Crippen LogP contribution >= 0.6 is 0 Å². The summed E-state index contributed by atoms with van der Waals surface area (Å²) in [6.07, 6.45) is 1.49. The largest absolute Gasteiger partial charge is 0.491 e. The molecule has 1 aromatic carbocycles. The first-order valence-corrected chi connectivity index (χ1v) is 12.8. The Morgan fingerprint density at radius 1 is 0.946 bits per heavy atom. The monoisotopic (exact) mass is 526 g/mol. The van der Waals surface area contributed by atoms with Crippen molar-refractivity contribution in [1.29, 1.82) is 0 Å². The van der Waals surface area contributed by atoms with Gasteiger partial charge < -0.3 is 44.2 Å². The summed E-state index contributed by atoms with van der Waals surface area (Å²) >= 11 is 0. The summed E-state index contributed by atoms with van der Waals surface area (Å²) in [7, 11) is 0. The standard InChI is InChI=1S/C27H46N2O8/c1-5-8-23-9-6-7-10-25(23)36-22-24(30)21-28-11-13-32-15-17-34-19-20-35-18-16-33-14-12-29-26(31)37-27(2,3)4/h5-7,9-10,24,28,30H,1,8,11-22H2,2-4H3,(H,29,31). The van der Waals surface area contributed by atoms with Gasteiger partial charge in [-0.25, -0.2) is 4.79 Å². The van der Waals surface area contributed by atoms with E-state index in [2.05, 4.69) is 17.2 Å². The van der Waals surface area contributed by atoms with E-state index in [0.717, 1.165) is 17.7 Å². The van der Waals surface area contributed by atoms with Crippen LogP contribution in [0, 0.1) is 0 Å². The zero-order chi connectivity index (χ0) is 27.2. The second-order valence-corrected chi connectivity index (χ2v) is 9.15. The highest BCUT2D eigenvalue weighted by Gasteiger charge is 2.15. The lowest BCUT2D eigenvalue weighted by Crippen LogP contribution is -2.34. The number of benzene rings is 1. The van der Waals surface area contributed by atoms with Crippen molar-refractivity contribution in [2.24, 2.45) is 0 Å². The van der Waals surface area contributed by atoms with Crippen LogP contribution in [0.5, 0.6) is 5.75 Å². The molecule has 0 spiro atoms. The number of carbonyl (C=O) groups is 1. The van der Waals surface area contributed by atoms with Crippen molar-refractivity contribution in [3.8, 4) is 5.75 Å². The molecule has 1 unspecified atom stereocenters. The third kappa shape index (κ3) is 19.6. The first-order valence-electron chi connectivity index (χ1n) is 12.8. The minimum absolute atomic E-state index is 0.218. The summed E-state index contributed by atoms with van der Waals surface area (Å²) in [4.78, 5) is 11.5. The lowest BCUT2D eigenvalue weighted by molar-refractivity contribution is -0.00167. The molecule has 0 aliphatic heterocycles. The van der Waals surface area contributed by atoms with Crippen molar-refractivity contribution in [2.45, 2.75) is 38.9 Å². The molecular weight excluding hydrogens is 480 g/mol. The van der Waals surface area contributed by atoms with Gasteiger partial charge in [0.1, 0.15) is 24.1 Å². The summed E-state index contributed by atoms with van der Waals surface area (Å²) in [6.45, 7) is 14.6. The summed E-state index contributed by atoms with van der Waals surface area (Å²) in [5, 5.41) is 15.9. The van der Waals surface area contributed by atoms with Crippen molar-refractivity contribution < 1.29 is 38.3 Å². The number of allylic oxidation sites excluding steroid dienone is 1. The summed E-state index contributed by atoms with van der Waals surface area (Å²) in [5.41, 5.74) is 0.542. The number of nitrogens with one attached hydrogen (secondary N) is 2. The first kappa shape index (κ1) is 32.8. The zero-order valence-electron chi connectivity index (χ0n) is 22.7. The normalized spacial score (nSPS) is 12.2. The van der Waals surface area contributed by atoms with Crippen LogP contribution in [0.15, 0.2) is 36.9 Å². The minimum Gasteiger partial charge on any atom is -0.491 e. The Bertz CT molecular complexity index is 727. The minimum atomic E-state index is -0.612. The van der Waals surface area contributed by atoms with Crippen LogP contribution in [-0.4, -0.2) is 102 Å². The topological polar surface area (TPSA) is 117 Å². The number of hydrogen-bond donors (Lipinski definition) is 3. The van der Waals surface area contributed by atoms with Gasteiger partial charge in [0, 0.05) is 19.6 Å². The molecular formula is C27H46N2O8. The van der Waals surface area contributed by atoms with Crippen LogP contribution < -0.4 is 15.4 Å². The number of aliphatic hydroxyl groups is 1. The van der Waals surface area contributed by atoms with Crippen LogP contribution in [0.2, 0.25) is 0 Å². The van der Waals surface area contributed by atoms with Gasteiger partial charge in [0.2, 0.25) is 0 Å². The number of carbonyl (C=O) groups excluding carboxylic acids is 1. The average Bonchev–Trinajstić information content (AvgIpc) is 2.84. The van der Waals surface area contributed by atoms with Gasteiger partial charge >= 0.3 is 6.09 Å². The van der Waals surface area contributed by atoms with Gasteiger partial charge in [-0.05, 0) is 38.8 Å². The highest BCUT2D eigenvalue weighted by atomic mass is 16.6. The van der Waals surface area contributed by atoms with E-state index < -0.39 is 17.8 Å². The van der Waals surface area contributed by atoms with E-state index in [4.69, 9.17) is 28.4 Å². The molecule has 0 aliphatic rings. The number of rotatable bonds is 22. The van der Waals surface area contributed by atoms with Crippen molar-refractivity contribution in [3.05, 3.63) is 42.5 Å². The second-order valence-electron chi connectivity index (χ2n) is 9.15. The predicted molar refractivity (Wildman–Crippen MR) is 142 cm³/mol. The van der Waals surface area contributed by atoms with Crippen molar-refractivity contribution in [3.63, 3.8) is 0 Å². The molecule has 0 aliphatic carbocycles. The Morgan fingerprint density at radius 2 is 1.51 bits per heavy atom. The van der Waals surface area contributed by atoms with Crippen molar-refractivity contribution in [1.82, 2.24) is 10.6 Å². The lowest BCUT2D eigenvalue weighted by Gasteiger charge is -2.19. The molecule has 0 fully saturated rings. The number of alkyl carbamates (subject to hydrolysis) is 1. The Morgan fingerprint density at radius 3 is 2.11 bits per heavy atom. The Labute approximate surface area is 221 Å². The van der Waals surface area contributed by atoms with E-state index in [-0.39, 0.29) is 6.61 Å². The maximum absolute atomic E-state index is 11.5. The molecule has 0 saturated heterocycles. The molecule has 3 N–H and O–H groups in total. The molecule has 10 nitrogen and oxygen atoms in total. The van der Waals surface area contributed by atoms with E-state index in [1.165, 1.54) is 0 Å². The predicted octanol–water partition coefficient (Wildman–Crippen LogP) is 2.34. The van der Waals surface area contributed by atoms with E-state index in [1.807, 2.05) is 51.1 Å². The first-order chi connectivity index (χ1) is 17.8. The fourth-order valence-electron chi connectivity index (χ4n) is 2.93. The molecule has 0 saturated carbocycles. The number of para-hydroxylation sites is 1. The van der Waals surface area contributed by atoms with E-state index in [1.54, 1.807) is 0 Å². The number of aliphatic hydroxyl groups excluding tert-OH is 1. The van der Waals surface area contributed by atoms with Gasteiger partial charge in [-0.1, -0.05) is 24.3 Å². The molecule has 0 heterocycles. The molecule has 0 radical (unpaired) electrons.